The van der Waals surface area contributed by atoms with E-state index in [1.807, 2.05) is 0 Å². The van der Waals surface area contributed by atoms with Crippen molar-refractivity contribution in [3.63, 3.8) is 0 Å². The SMILES string of the molecule is CN(C)C(=O)CNc1ccc([N+](=O)[O-])cc1N. The van der Waals surface area contributed by atoms with Crippen molar-refractivity contribution in [1.29, 1.82) is 0 Å². The number of anilines is 2. The molecule has 0 heterocycles. The van der Waals surface area contributed by atoms with Crippen LogP contribution in [0, 0.1) is 10.1 Å². The summed E-state index contributed by atoms with van der Waals surface area (Å²) in [6.07, 6.45) is 0. The smallest absolute Gasteiger partial charge is 0.271 e. The zero-order valence-electron chi connectivity index (χ0n) is 9.64. The van der Waals surface area contributed by atoms with Crippen LogP contribution in [0.4, 0.5) is 17.1 Å². The Balaban J connectivity index is 2.73. The number of hydrogen-bond donors (Lipinski definition) is 2. The van der Waals surface area contributed by atoms with Crippen LogP contribution in [0.2, 0.25) is 0 Å². The molecule has 0 aliphatic rings. The van der Waals surface area contributed by atoms with Crippen LogP contribution in [0.1, 0.15) is 0 Å². The van der Waals surface area contributed by atoms with Crippen LogP contribution >= 0.6 is 0 Å². The summed E-state index contributed by atoms with van der Waals surface area (Å²) in [5.74, 6) is -0.109. The molecule has 0 spiro atoms. The largest absolute Gasteiger partial charge is 0.397 e. The predicted molar refractivity (Wildman–Crippen MR) is 64.7 cm³/mol. The van der Waals surface area contributed by atoms with Gasteiger partial charge in [0, 0.05) is 26.2 Å². The van der Waals surface area contributed by atoms with Gasteiger partial charge in [0.15, 0.2) is 0 Å². The van der Waals surface area contributed by atoms with E-state index in [0.717, 1.165) is 0 Å². The third-order valence-corrected chi connectivity index (χ3v) is 2.17. The zero-order chi connectivity index (χ0) is 13.0. The van der Waals surface area contributed by atoms with Gasteiger partial charge in [0.2, 0.25) is 5.91 Å². The molecule has 0 atom stereocenters. The number of amides is 1. The Labute approximate surface area is 98.4 Å². The van der Waals surface area contributed by atoms with Gasteiger partial charge in [0.05, 0.1) is 22.8 Å². The number of rotatable bonds is 4. The number of hydrogen-bond acceptors (Lipinski definition) is 5. The zero-order valence-corrected chi connectivity index (χ0v) is 9.64. The van der Waals surface area contributed by atoms with Crippen LogP contribution < -0.4 is 11.1 Å². The van der Waals surface area contributed by atoms with Gasteiger partial charge >= 0.3 is 0 Å². The van der Waals surface area contributed by atoms with Gasteiger partial charge in [-0.25, -0.2) is 0 Å². The number of benzene rings is 1. The molecular weight excluding hydrogens is 224 g/mol. The number of nitro benzene ring substituents is 1. The van der Waals surface area contributed by atoms with Crippen molar-refractivity contribution in [2.45, 2.75) is 0 Å². The third kappa shape index (κ3) is 3.33. The molecule has 0 saturated carbocycles. The predicted octanol–water partition coefficient (Wildman–Crippen LogP) is 0.677. The molecule has 0 aliphatic heterocycles. The molecule has 0 fully saturated rings. The van der Waals surface area contributed by atoms with E-state index in [-0.39, 0.29) is 23.8 Å². The van der Waals surface area contributed by atoms with E-state index >= 15 is 0 Å². The Morgan fingerprint density at radius 3 is 2.65 bits per heavy atom. The summed E-state index contributed by atoms with van der Waals surface area (Å²) in [5.41, 5.74) is 6.30. The van der Waals surface area contributed by atoms with Crippen molar-refractivity contribution in [2.24, 2.45) is 0 Å². The summed E-state index contributed by atoms with van der Waals surface area (Å²) in [5, 5.41) is 13.3. The standard InChI is InChI=1S/C10H14N4O3/c1-13(2)10(15)6-12-9-4-3-7(14(16)17)5-8(9)11/h3-5,12H,6,11H2,1-2H3. The first-order chi connectivity index (χ1) is 7.91. The summed E-state index contributed by atoms with van der Waals surface area (Å²) in [6.45, 7) is 0.0923. The van der Waals surface area contributed by atoms with Crippen LogP contribution in [0.25, 0.3) is 0 Å². The highest BCUT2D eigenvalue weighted by Gasteiger charge is 2.09. The monoisotopic (exact) mass is 238 g/mol. The minimum Gasteiger partial charge on any atom is -0.397 e. The number of carbonyl (C=O) groups excluding carboxylic acids is 1. The van der Waals surface area contributed by atoms with Gasteiger partial charge in [-0.3, -0.25) is 14.9 Å². The van der Waals surface area contributed by atoms with Crippen molar-refractivity contribution in [2.75, 3.05) is 31.7 Å². The van der Waals surface area contributed by atoms with Crippen molar-refractivity contribution in [1.82, 2.24) is 4.90 Å². The Bertz CT molecular complexity index is 445. The molecule has 17 heavy (non-hydrogen) atoms. The molecular formula is C10H14N4O3. The number of carbonyl (C=O) groups is 1. The lowest BCUT2D eigenvalue weighted by Crippen LogP contribution is -2.28. The summed E-state index contributed by atoms with van der Waals surface area (Å²) < 4.78 is 0. The normalized spacial score (nSPS) is 9.76. The number of nitro groups is 1. The number of nitrogen functional groups attached to an aromatic ring is 1. The second-order valence-corrected chi connectivity index (χ2v) is 3.67. The van der Waals surface area contributed by atoms with Gasteiger partial charge < -0.3 is 16.0 Å². The van der Waals surface area contributed by atoms with Crippen molar-refractivity contribution >= 4 is 23.0 Å². The molecule has 0 bridgehead atoms. The van der Waals surface area contributed by atoms with Crippen LogP contribution in [0.3, 0.4) is 0 Å². The van der Waals surface area contributed by atoms with Gasteiger partial charge in [0.25, 0.3) is 5.69 Å². The number of likely N-dealkylation sites (N-methyl/N-ethyl adjacent to an activating group) is 1. The second-order valence-electron chi connectivity index (χ2n) is 3.67. The topological polar surface area (TPSA) is 102 Å². The molecule has 7 nitrogen and oxygen atoms in total. The summed E-state index contributed by atoms with van der Waals surface area (Å²) >= 11 is 0. The van der Waals surface area contributed by atoms with Crippen molar-refractivity contribution < 1.29 is 9.72 Å². The molecule has 92 valence electrons. The number of nitrogens with two attached hydrogens (primary N) is 1. The van der Waals surface area contributed by atoms with E-state index in [1.54, 1.807) is 14.1 Å². The fourth-order valence-corrected chi connectivity index (χ4v) is 1.15. The summed E-state index contributed by atoms with van der Waals surface area (Å²) in [6, 6.07) is 4.07. The van der Waals surface area contributed by atoms with Crippen molar-refractivity contribution in [3.05, 3.63) is 28.3 Å². The third-order valence-electron chi connectivity index (χ3n) is 2.17. The van der Waals surface area contributed by atoms with E-state index in [1.165, 1.54) is 23.1 Å². The Kier molecular flexibility index (Phi) is 3.86. The number of nitrogens with zero attached hydrogens (tertiary/aromatic N) is 2. The molecule has 1 aromatic rings. The summed E-state index contributed by atoms with van der Waals surface area (Å²) in [4.78, 5) is 22.7. The van der Waals surface area contributed by atoms with Gasteiger partial charge in [-0.1, -0.05) is 0 Å². The minimum absolute atomic E-state index is 0.0769. The molecule has 7 heteroatoms. The molecule has 0 unspecified atom stereocenters. The van der Waals surface area contributed by atoms with E-state index in [9.17, 15) is 14.9 Å². The lowest BCUT2D eigenvalue weighted by molar-refractivity contribution is -0.384. The lowest BCUT2D eigenvalue weighted by atomic mass is 10.2. The van der Waals surface area contributed by atoms with Crippen LogP contribution in [-0.4, -0.2) is 36.4 Å². The first-order valence-electron chi connectivity index (χ1n) is 4.89. The highest BCUT2D eigenvalue weighted by atomic mass is 16.6. The van der Waals surface area contributed by atoms with E-state index in [2.05, 4.69) is 5.32 Å². The molecule has 1 amide bonds. The van der Waals surface area contributed by atoms with E-state index in [4.69, 9.17) is 5.73 Å². The quantitative estimate of drug-likeness (QED) is 0.456. The molecule has 3 N–H and O–H groups in total. The Morgan fingerprint density at radius 1 is 1.53 bits per heavy atom. The Morgan fingerprint density at radius 2 is 2.18 bits per heavy atom. The van der Waals surface area contributed by atoms with Gasteiger partial charge in [-0.15, -0.1) is 0 Å². The first kappa shape index (κ1) is 12.8. The lowest BCUT2D eigenvalue weighted by Gasteiger charge is -2.12. The molecule has 0 saturated heterocycles. The second kappa shape index (κ2) is 5.15. The maximum Gasteiger partial charge on any atom is 0.271 e. The minimum atomic E-state index is -0.523. The maximum absolute atomic E-state index is 11.3. The fourth-order valence-electron chi connectivity index (χ4n) is 1.15. The highest BCUT2D eigenvalue weighted by molar-refractivity contribution is 5.82. The highest BCUT2D eigenvalue weighted by Crippen LogP contribution is 2.23. The van der Waals surface area contributed by atoms with Crippen LogP contribution in [0.15, 0.2) is 18.2 Å². The summed E-state index contributed by atoms with van der Waals surface area (Å²) in [7, 11) is 3.28. The van der Waals surface area contributed by atoms with E-state index < -0.39 is 4.92 Å². The molecule has 0 aromatic heterocycles. The average Bonchev–Trinajstić information content (AvgIpc) is 2.26. The average molecular weight is 238 g/mol. The molecule has 0 aliphatic carbocycles. The molecule has 0 radical (unpaired) electrons. The van der Waals surface area contributed by atoms with Gasteiger partial charge in [-0.05, 0) is 6.07 Å². The van der Waals surface area contributed by atoms with E-state index in [0.29, 0.717) is 5.69 Å². The number of non-ortho nitro benzene ring substituents is 1. The first-order valence-corrected chi connectivity index (χ1v) is 4.89. The number of nitrogens with one attached hydrogen (secondary N) is 1. The molecule has 1 rings (SSSR count). The fraction of sp³-hybridized carbons (Fsp3) is 0.300. The van der Waals surface area contributed by atoms with Crippen molar-refractivity contribution in [3.8, 4) is 0 Å². The maximum atomic E-state index is 11.3. The Hall–Kier alpha value is -2.31. The van der Waals surface area contributed by atoms with Gasteiger partial charge in [0.1, 0.15) is 0 Å². The van der Waals surface area contributed by atoms with Crippen LogP contribution in [0.5, 0.6) is 0 Å². The van der Waals surface area contributed by atoms with Crippen LogP contribution in [-0.2, 0) is 4.79 Å². The van der Waals surface area contributed by atoms with Gasteiger partial charge in [-0.2, -0.15) is 0 Å². The molecule has 1 aromatic carbocycles.